The highest BCUT2D eigenvalue weighted by Crippen LogP contribution is 2.19. The van der Waals surface area contributed by atoms with Crippen molar-refractivity contribution in [2.75, 3.05) is 11.9 Å². The predicted octanol–water partition coefficient (Wildman–Crippen LogP) is 3.48. The highest BCUT2D eigenvalue weighted by atomic mass is 32.2. The van der Waals surface area contributed by atoms with Gasteiger partial charge in [-0.25, -0.2) is 0 Å². The summed E-state index contributed by atoms with van der Waals surface area (Å²) in [4.78, 5) is 12.2. The van der Waals surface area contributed by atoms with Crippen molar-refractivity contribution in [3.8, 4) is 0 Å². The van der Waals surface area contributed by atoms with Crippen LogP contribution in [0.5, 0.6) is 0 Å². The number of hydrogen-bond acceptors (Lipinski definition) is 3. The van der Waals surface area contributed by atoms with Crippen LogP contribution >= 0.6 is 11.8 Å². The van der Waals surface area contributed by atoms with E-state index in [9.17, 15) is 4.79 Å². The maximum atomic E-state index is 12.2. The monoisotopic (exact) mass is 315 g/mol. The molecule has 0 bridgehead atoms. The minimum Gasteiger partial charge on any atom is -0.396 e. The highest BCUT2D eigenvalue weighted by molar-refractivity contribution is 7.99. The van der Waals surface area contributed by atoms with E-state index in [-0.39, 0.29) is 17.8 Å². The summed E-state index contributed by atoms with van der Waals surface area (Å²) in [6.07, 6.45) is 0.636. The number of hydrogen-bond donors (Lipinski definition) is 2. The van der Waals surface area contributed by atoms with E-state index < -0.39 is 0 Å². The van der Waals surface area contributed by atoms with Crippen LogP contribution in [0.15, 0.2) is 54.6 Å². The van der Waals surface area contributed by atoms with E-state index in [1.54, 1.807) is 11.8 Å². The average molecular weight is 315 g/mol. The second-order valence-corrected chi connectivity index (χ2v) is 6.43. The van der Waals surface area contributed by atoms with Gasteiger partial charge in [-0.15, -0.1) is 11.8 Å². The standard InChI is InChI=1S/C18H21NO2S/c1-14(22-13-16-5-3-2-4-6-16)18(21)19-17-9-7-15(8-10-17)11-12-20/h2-10,14,20H,11-13H2,1H3,(H,19,21). The first-order valence-electron chi connectivity index (χ1n) is 7.35. The molecule has 0 heterocycles. The molecule has 2 rings (SSSR count). The minimum atomic E-state index is -0.114. The molecule has 0 aliphatic rings. The van der Waals surface area contributed by atoms with Crippen molar-refractivity contribution >= 4 is 23.4 Å². The number of rotatable bonds is 7. The van der Waals surface area contributed by atoms with Gasteiger partial charge in [-0.1, -0.05) is 42.5 Å². The minimum absolute atomic E-state index is 0.0100. The molecule has 4 heteroatoms. The summed E-state index contributed by atoms with van der Waals surface area (Å²) >= 11 is 1.62. The lowest BCUT2D eigenvalue weighted by Gasteiger charge is -2.12. The summed E-state index contributed by atoms with van der Waals surface area (Å²) in [5.74, 6) is 0.834. The molecule has 0 saturated carbocycles. The Morgan fingerprint density at radius 1 is 1.09 bits per heavy atom. The molecule has 3 nitrogen and oxygen atoms in total. The second-order valence-electron chi connectivity index (χ2n) is 5.10. The van der Waals surface area contributed by atoms with Gasteiger partial charge in [0.25, 0.3) is 0 Å². The van der Waals surface area contributed by atoms with Crippen LogP contribution < -0.4 is 5.32 Å². The maximum Gasteiger partial charge on any atom is 0.237 e. The van der Waals surface area contributed by atoms with Gasteiger partial charge in [0.2, 0.25) is 5.91 Å². The fourth-order valence-electron chi connectivity index (χ4n) is 2.00. The summed E-state index contributed by atoms with van der Waals surface area (Å²) in [5, 5.41) is 11.7. The van der Waals surface area contributed by atoms with Gasteiger partial charge < -0.3 is 10.4 Å². The van der Waals surface area contributed by atoms with Crippen molar-refractivity contribution in [1.82, 2.24) is 0 Å². The summed E-state index contributed by atoms with van der Waals surface area (Å²) in [5.41, 5.74) is 3.08. The number of thioether (sulfide) groups is 1. The summed E-state index contributed by atoms with van der Waals surface area (Å²) in [6.45, 7) is 2.06. The van der Waals surface area contributed by atoms with Crippen LogP contribution in [0.3, 0.4) is 0 Å². The predicted molar refractivity (Wildman–Crippen MR) is 93.1 cm³/mol. The molecule has 2 aromatic rings. The number of aliphatic hydroxyl groups is 1. The molecule has 1 unspecified atom stereocenters. The number of carbonyl (C=O) groups is 1. The fraction of sp³-hybridized carbons (Fsp3) is 0.278. The molecule has 22 heavy (non-hydrogen) atoms. The lowest BCUT2D eigenvalue weighted by molar-refractivity contribution is -0.115. The van der Waals surface area contributed by atoms with Crippen molar-refractivity contribution in [2.24, 2.45) is 0 Å². The van der Waals surface area contributed by atoms with Crippen molar-refractivity contribution in [1.29, 1.82) is 0 Å². The molecule has 1 atom stereocenters. The lowest BCUT2D eigenvalue weighted by Crippen LogP contribution is -2.22. The number of aliphatic hydroxyl groups excluding tert-OH is 1. The van der Waals surface area contributed by atoms with E-state index in [2.05, 4.69) is 17.4 Å². The Morgan fingerprint density at radius 2 is 1.77 bits per heavy atom. The third-order valence-electron chi connectivity index (χ3n) is 3.33. The Hall–Kier alpha value is -1.78. The van der Waals surface area contributed by atoms with Crippen LogP contribution in [0.25, 0.3) is 0 Å². The lowest BCUT2D eigenvalue weighted by atomic mass is 10.1. The zero-order valence-corrected chi connectivity index (χ0v) is 13.5. The Balaban J connectivity index is 1.83. The molecule has 1 amide bonds. The zero-order chi connectivity index (χ0) is 15.8. The summed E-state index contributed by atoms with van der Waals surface area (Å²) < 4.78 is 0. The van der Waals surface area contributed by atoms with E-state index in [0.717, 1.165) is 17.0 Å². The van der Waals surface area contributed by atoms with Crippen molar-refractivity contribution in [3.05, 3.63) is 65.7 Å². The van der Waals surface area contributed by atoms with Gasteiger partial charge in [0.05, 0.1) is 5.25 Å². The Labute approximate surface area is 135 Å². The van der Waals surface area contributed by atoms with Gasteiger partial charge in [0, 0.05) is 18.0 Å². The quantitative estimate of drug-likeness (QED) is 0.822. The highest BCUT2D eigenvalue weighted by Gasteiger charge is 2.13. The van der Waals surface area contributed by atoms with Gasteiger partial charge in [0.1, 0.15) is 0 Å². The molecule has 2 aromatic carbocycles. The molecule has 116 valence electrons. The molecule has 0 aliphatic carbocycles. The van der Waals surface area contributed by atoms with Crippen LogP contribution in [-0.2, 0) is 17.0 Å². The first-order valence-corrected chi connectivity index (χ1v) is 8.40. The van der Waals surface area contributed by atoms with Gasteiger partial charge >= 0.3 is 0 Å². The molecule has 2 N–H and O–H groups in total. The van der Waals surface area contributed by atoms with E-state index in [1.807, 2.05) is 49.4 Å². The summed E-state index contributed by atoms with van der Waals surface area (Å²) in [7, 11) is 0. The van der Waals surface area contributed by atoms with Crippen LogP contribution in [0.1, 0.15) is 18.1 Å². The van der Waals surface area contributed by atoms with Gasteiger partial charge in [-0.3, -0.25) is 4.79 Å². The normalized spacial score (nSPS) is 11.9. The third kappa shape index (κ3) is 5.20. The van der Waals surface area contributed by atoms with E-state index in [4.69, 9.17) is 5.11 Å². The number of benzene rings is 2. The second kappa shape index (κ2) is 8.61. The maximum absolute atomic E-state index is 12.2. The molecular formula is C18H21NO2S. The first kappa shape index (κ1) is 16.6. The van der Waals surface area contributed by atoms with E-state index in [1.165, 1.54) is 5.56 Å². The molecule has 0 spiro atoms. The van der Waals surface area contributed by atoms with Gasteiger partial charge in [0.15, 0.2) is 0 Å². The Morgan fingerprint density at radius 3 is 2.41 bits per heavy atom. The Bertz CT molecular complexity index is 584. The van der Waals surface area contributed by atoms with Crippen LogP contribution in [0, 0.1) is 0 Å². The van der Waals surface area contributed by atoms with Gasteiger partial charge in [-0.2, -0.15) is 0 Å². The van der Waals surface area contributed by atoms with Crippen LogP contribution in [0.4, 0.5) is 5.69 Å². The largest absolute Gasteiger partial charge is 0.396 e. The average Bonchev–Trinajstić information content (AvgIpc) is 2.55. The molecule has 0 aromatic heterocycles. The van der Waals surface area contributed by atoms with Crippen molar-refractivity contribution in [2.45, 2.75) is 24.3 Å². The van der Waals surface area contributed by atoms with Crippen LogP contribution in [-0.4, -0.2) is 22.9 Å². The number of anilines is 1. The summed E-state index contributed by atoms with van der Waals surface area (Å²) in [6, 6.07) is 17.7. The first-order chi connectivity index (χ1) is 10.7. The fourth-order valence-corrected chi connectivity index (χ4v) is 2.84. The molecule has 0 fully saturated rings. The zero-order valence-electron chi connectivity index (χ0n) is 12.7. The number of amides is 1. The molecule has 0 saturated heterocycles. The molecule has 0 radical (unpaired) electrons. The van der Waals surface area contributed by atoms with Crippen LogP contribution in [0.2, 0.25) is 0 Å². The van der Waals surface area contributed by atoms with Crippen molar-refractivity contribution < 1.29 is 9.90 Å². The van der Waals surface area contributed by atoms with Gasteiger partial charge in [-0.05, 0) is 36.6 Å². The number of carbonyl (C=O) groups excluding carboxylic acids is 1. The molecular weight excluding hydrogens is 294 g/mol. The molecule has 0 aliphatic heterocycles. The smallest absolute Gasteiger partial charge is 0.237 e. The topological polar surface area (TPSA) is 49.3 Å². The Kier molecular flexibility index (Phi) is 6.49. The SMILES string of the molecule is CC(SCc1ccccc1)C(=O)Nc1ccc(CCO)cc1. The van der Waals surface area contributed by atoms with E-state index >= 15 is 0 Å². The van der Waals surface area contributed by atoms with E-state index in [0.29, 0.717) is 6.42 Å². The van der Waals surface area contributed by atoms with Crippen molar-refractivity contribution in [3.63, 3.8) is 0 Å². The number of nitrogens with one attached hydrogen (secondary N) is 1. The third-order valence-corrected chi connectivity index (χ3v) is 4.55.